The zero-order chi connectivity index (χ0) is 14.0. The highest BCUT2D eigenvalue weighted by molar-refractivity contribution is 7.22. The molecule has 2 N–H and O–H groups in total. The van der Waals surface area contributed by atoms with Crippen LogP contribution in [0, 0.1) is 5.41 Å². The Kier molecular flexibility index (Phi) is 3.96. The van der Waals surface area contributed by atoms with E-state index < -0.39 is 5.41 Å². The average molecular weight is 298 g/mol. The quantitative estimate of drug-likeness (QED) is 0.911. The summed E-state index contributed by atoms with van der Waals surface area (Å²) < 4.78 is 1.03. The molecule has 2 aromatic rings. The minimum absolute atomic E-state index is 0.00385. The lowest BCUT2D eigenvalue weighted by Crippen LogP contribution is -2.39. The summed E-state index contributed by atoms with van der Waals surface area (Å²) in [5, 5.41) is 7.38. The summed E-state index contributed by atoms with van der Waals surface area (Å²) in [4.78, 5) is 16.1. The summed E-state index contributed by atoms with van der Waals surface area (Å²) in [7, 11) is 1.64. The zero-order valence-electron chi connectivity index (χ0n) is 11.1. The highest BCUT2D eigenvalue weighted by atomic mass is 35.5. The molecule has 0 unspecified atom stereocenters. The van der Waals surface area contributed by atoms with Crippen molar-refractivity contribution in [2.24, 2.45) is 5.41 Å². The highest BCUT2D eigenvalue weighted by Crippen LogP contribution is 2.29. The smallest absolute Gasteiger partial charge is 0.227 e. The molecule has 0 radical (unpaired) electrons. The van der Waals surface area contributed by atoms with Crippen LogP contribution < -0.4 is 10.6 Å². The fraction of sp³-hybridized carbons (Fsp3) is 0.385. The Morgan fingerprint density at radius 3 is 2.89 bits per heavy atom. The molecule has 4 nitrogen and oxygen atoms in total. The first-order valence-corrected chi connectivity index (χ1v) is 7.14. The van der Waals surface area contributed by atoms with Gasteiger partial charge in [-0.05, 0) is 32.0 Å². The van der Waals surface area contributed by atoms with E-state index in [0.717, 1.165) is 15.3 Å². The molecule has 6 heteroatoms. The lowest BCUT2D eigenvalue weighted by atomic mass is 9.92. The normalized spacial score (nSPS) is 11.6. The molecule has 2 rings (SSSR count). The van der Waals surface area contributed by atoms with Gasteiger partial charge in [-0.15, -0.1) is 0 Å². The molecule has 0 bridgehead atoms. The van der Waals surface area contributed by atoms with Gasteiger partial charge < -0.3 is 10.6 Å². The molecule has 1 aromatic heterocycles. The summed E-state index contributed by atoms with van der Waals surface area (Å²) in [6.07, 6.45) is 0. The minimum atomic E-state index is -0.482. The number of nitrogens with zero attached hydrogens (tertiary/aromatic N) is 1. The van der Waals surface area contributed by atoms with Crippen molar-refractivity contribution in [3.05, 3.63) is 23.2 Å². The lowest BCUT2D eigenvalue weighted by molar-refractivity contribution is -0.128. The highest BCUT2D eigenvalue weighted by Gasteiger charge is 2.26. The maximum absolute atomic E-state index is 11.7. The molecule has 0 saturated heterocycles. The van der Waals surface area contributed by atoms with Gasteiger partial charge >= 0.3 is 0 Å². The Labute approximate surface area is 121 Å². The van der Waals surface area contributed by atoms with Crippen molar-refractivity contribution in [1.29, 1.82) is 0 Å². The van der Waals surface area contributed by atoms with Gasteiger partial charge in [-0.3, -0.25) is 4.79 Å². The van der Waals surface area contributed by atoms with Crippen molar-refractivity contribution >= 4 is 44.2 Å². The van der Waals surface area contributed by atoms with E-state index in [1.165, 1.54) is 11.3 Å². The Balaban J connectivity index is 2.12. The fourth-order valence-electron chi connectivity index (χ4n) is 1.69. The second-order valence-corrected chi connectivity index (χ2v) is 6.41. The minimum Gasteiger partial charge on any atom is -0.360 e. The third-order valence-electron chi connectivity index (χ3n) is 2.87. The summed E-state index contributed by atoms with van der Waals surface area (Å²) >= 11 is 7.48. The van der Waals surface area contributed by atoms with Crippen LogP contribution >= 0.6 is 22.9 Å². The molecule has 1 heterocycles. The molecular formula is C13H16ClN3OS. The number of aromatic nitrogens is 1. The van der Waals surface area contributed by atoms with Gasteiger partial charge in [0.1, 0.15) is 0 Å². The van der Waals surface area contributed by atoms with Crippen LogP contribution in [0.2, 0.25) is 5.02 Å². The molecule has 0 saturated carbocycles. The Bertz CT molecular complexity index is 609. The number of carbonyl (C=O) groups excluding carboxylic acids is 1. The van der Waals surface area contributed by atoms with Crippen LogP contribution in [0.5, 0.6) is 0 Å². The fourth-order valence-corrected chi connectivity index (χ4v) is 2.83. The van der Waals surface area contributed by atoms with Crippen LogP contribution in [-0.4, -0.2) is 24.5 Å². The van der Waals surface area contributed by atoms with Gasteiger partial charge in [0, 0.05) is 18.6 Å². The van der Waals surface area contributed by atoms with Gasteiger partial charge in [-0.25, -0.2) is 4.98 Å². The van der Waals surface area contributed by atoms with E-state index in [2.05, 4.69) is 15.6 Å². The number of hydrogen-bond donors (Lipinski definition) is 2. The van der Waals surface area contributed by atoms with Crippen LogP contribution in [0.3, 0.4) is 0 Å². The zero-order valence-corrected chi connectivity index (χ0v) is 12.7. The molecule has 0 fully saturated rings. The largest absolute Gasteiger partial charge is 0.360 e. The summed E-state index contributed by atoms with van der Waals surface area (Å²) in [5.41, 5.74) is 0.430. The Morgan fingerprint density at radius 2 is 2.21 bits per heavy atom. The van der Waals surface area contributed by atoms with Gasteiger partial charge in [-0.1, -0.05) is 22.9 Å². The van der Waals surface area contributed by atoms with Crippen molar-refractivity contribution in [1.82, 2.24) is 10.3 Å². The maximum atomic E-state index is 11.7. The van der Waals surface area contributed by atoms with Gasteiger partial charge in [0.25, 0.3) is 0 Å². The molecule has 0 spiro atoms. The third-order valence-corrected chi connectivity index (χ3v) is 4.08. The molecule has 19 heavy (non-hydrogen) atoms. The topological polar surface area (TPSA) is 54.0 Å². The van der Waals surface area contributed by atoms with Crippen LogP contribution in [0.1, 0.15) is 13.8 Å². The maximum Gasteiger partial charge on any atom is 0.227 e. The van der Waals surface area contributed by atoms with Crippen LogP contribution in [0.25, 0.3) is 10.2 Å². The molecular weight excluding hydrogens is 282 g/mol. The number of nitrogens with one attached hydrogen (secondary N) is 2. The Morgan fingerprint density at radius 1 is 1.47 bits per heavy atom. The number of anilines is 1. The predicted molar refractivity (Wildman–Crippen MR) is 81.0 cm³/mol. The summed E-state index contributed by atoms with van der Waals surface area (Å²) in [5.74, 6) is 0.00385. The van der Waals surface area contributed by atoms with Gasteiger partial charge in [-0.2, -0.15) is 0 Å². The van der Waals surface area contributed by atoms with Gasteiger partial charge in [0.15, 0.2) is 5.13 Å². The number of fused-ring (bicyclic) bond motifs is 1. The van der Waals surface area contributed by atoms with E-state index in [-0.39, 0.29) is 5.91 Å². The van der Waals surface area contributed by atoms with Crippen molar-refractivity contribution in [2.75, 3.05) is 18.9 Å². The van der Waals surface area contributed by atoms with Crippen molar-refractivity contribution in [3.8, 4) is 0 Å². The number of halogens is 1. The van der Waals surface area contributed by atoms with Crippen molar-refractivity contribution in [2.45, 2.75) is 13.8 Å². The summed E-state index contributed by atoms with van der Waals surface area (Å²) in [6, 6.07) is 5.61. The van der Waals surface area contributed by atoms with E-state index in [1.807, 2.05) is 32.0 Å². The third kappa shape index (κ3) is 3.16. The number of amides is 1. The van der Waals surface area contributed by atoms with Crippen LogP contribution in [-0.2, 0) is 4.79 Å². The predicted octanol–water partition coefficient (Wildman–Crippen LogP) is 3.13. The molecule has 0 atom stereocenters. The molecule has 0 aliphatic heterocycles. The Hall–Kier alpha value is -1.33. The van der Waals surface area contributed by atoms with E-state index >= 15 is 0 Å². The molecule has 1 aromatic carbocycles. The van der Waals surface area contributed by atoms with Crippen LogP contribution in [0.15, 0.2) is 18.2 Å². The molecule has 0 aliphatic rings. The van der Waals surface area contributed by atoms with Gasteiger partial charge in [0.2, 0.25) is 5.91 Å². The first-order valence-electron chi connectivity index (χ1n) is 5.94. The first-order chi connectivity index (χ1) is 8.92. The van der Waals surface area contributed by atoms with E-state index in [4.69, 9.17) is 11.6 Å². The number of hydrogen-bond acceptors (Lipinski definition) is 4. The lowest BCUT2D eigenvalue weighted by Gasteiger charge is -2.22. The molecule has 0 aliphatic carbocycles. The van der Waals surface area contributed by atoms with Crippen molar-refractivity contribution < 1.29 is 4.79 Å². The monoisotopic (exact) mass is 297 g/mol. The number of benzene rings is 1. The first kappa shape index (κ1) is 14.1. The standard InChI is InChI=1S/C13H16ClN3OS/c1-13(2,11(18)15-3)7-16-12-17-9-5-4-8(14)6-10(9)19-12/h4-6H,7H2,1-3H3,(H,15,18)(H,16,17). The second-order valence-electron chi connectivity index (χ2n) is 4.95. The number of carbonyl (C=O) groups is 1. The number of rotatable bonds is 4. The van der Waals surface area contributed by atoms with Crippen molar-refractivity contribution in [3.63, 3.8) is 0 Å². The van der Waals surface area contributed by atoms with Gasteiger partial charge in [0.05, 0.1) is 15.6 Å². The van der Waals surface area contributed by atoms with Crippen LogP contribution in [0.4, 0.5) is 5.13 Å². The van der Waals surface area contributed by atoms with E-state index in [0.29, 0.717) is 11.6 Å². The molecule has 1 amide bonds. The second kappa shape index (κ2) is 5.35. The summed E-state index contributed by atoms with van der Waals surface area (Å²) in [6.45, 7) is 4.31. The van der Waals surface area contributed by atoms with E-state index in [9.17, 15) is 4.79 Å². The van der Waals surface area contributed by atoms with E-state index in [1.54, 1.807) is 7.05 Å². The average Bonchev–Trinajstić information content (AvgIpc) is 2.77. The molecule has 102 valence electrons. The number of thiazole rings is 1. The SMILES string of the molecule is CNC(=O)C(C)(C)CNc1nc2ccc(Cl)cc2s1.